The highest BCUT2D eigenvalue weighted by atomic mass is 35.5. The number of amides is 1. The monoisotopic (exact) mass is 286 g/mol. The molecular weight excluding hydrogens is 275 g/mol. The van der Waals surface area contributed by atoms with E-state index in [9.17, 15) is 4.79 Å². The summed E-state index contributed by atoms with van der Waals surface area (Å²) in [5.41, 5.74) is 0. The van der Waals surface area contributed by atoms with Gasteiger partial charge in [0.25, 0.3) is 5.91 Å². The van der Waals surface area contributed by atoms with Gasteiger partial charge in [0, 0.05) is 13.6 Å². The summed E-state index contributed by atoms with van der Waals surface area (Å²) in [6.07, 6.45) is 0.287. The molecule has 96 valence electrons. The second-order valence-corrected chi connectivity index (χ2v) is 4.38. The number of halogens is 2. The van der Waals surface area contributed by atoms with Gasteiger partial charge in [0.15, 0.2) is 12.4 Å². The summed E-state index contributed by atoms with van der Waals surface area (Å²) < 4.78 is 5.29. The Labute approximate surface area is 116 Å². The van der Waals surface area contributed by atoms with Gasteiger partial charge in [-0.15, -0.1) is 0 Å². The normalized spacial score (nSPS) is 9.67. The van der Waals surface area contributed by atoms with Gasteiger partial charge in [0.05, 0.1) is 22.5 Å². The standard InChI is InChI=1S/C12H12Cl2N2O2/c1-16(7-3-6-15)11(17)8-18-12-9(13)4-2-5-10(12)14/h2,4-5H,3,7-8H2,1H3. The number of benzene rings is 1. The number of carbonyl (C=O) groups excluding carboxylic acids is 1. The van der Waals surface area contributed by atoms with Gasteiger partial charge in [0.1, 0.15) is 0 Å². The SMILES string of the molecule is CN(CCC#N)C(=O)COc1c(Cl)cccc1Cl. The molecule has 0 bridgehead atoms. The fourth-order valence-corrected chi connectivity index (χ4v) is 1.71. The van der Waals surface area contributed by atoms with Crippen molar-refractivity contribution >= 4 is 29.1 Å². The minimum absolute atomic E-state index is 0.161. The predicted octanol–water partition coefficient (Wildman–Crippen LogP) is 2.74. The quantitative estimate of drug-likeness (QED) is 0.836. The van der Waals surface area contributed by atoms with Crippen LogP contribution in [0, 0.1) is 11.3 Å². The number of rotatable bonds is 5. The summed E-state index contributed by atoms with van der Waals surface area (Å²) in [5.74, 6) is 0.0594. The molecule has 0 radical (unpaired) electrons. The zero-order valence-electron chi connectivity index (χ0n) is 9.82. The van der Waals surface area contributed by atoms with Crippen LogP contribution in [0.25, 0.3) is 0 Å². The van der Waals surface area contributed by atoms with Gasteiger partial charge in [-0.25, -0.2) is 0 Å². The lowest BCUT2D eigenvalue weighted by molar-refractivity contribution is -0.131. The molecule has 4 nitrogen and oxygen atoms in total. The molecule has 1 rings (SSSR count). The van der Waals surface area contributed by atoms with Crippen molar-refractivity contribution in [3.63, 3.8) is 0 Å². The van der Waals surface area contributed by atoms with Gasteiger partial charge in [0.2, 0.25) is 0 Å². The van der Waals surface area contributed by atoms with Crippen LogP contribution in [0.5, 0.6) is 5.75 Å². The average Bonchev–Trinajstić information content (AvgIpc) is 2.35. The van der Waals surface area contributed by atoms with Crippen molar-refractivity contribution in [2.45, 2.75) is 6.42 Å². The van der Waals surface area contributed by atoms with Crippen molar-refractivity contribution in [2.24, 2.45) is 0 Å². The summed E-state index contributed by atoms with van der Waals surface area (Å²) in [6.45, 7) is 0.209. The molecule has 0 saturated heterocycles. The molecule has 0 aromatic heterocycles. The van der Waals surface area contributed by atoms with E-state index < -0.39 is 0 Å². The molecule has 0 atom stereocenters. The van der Waals surface area contributed by atoms with Crippen LogP contribution in [0.3, 0.4) is 0 Å². The van der Waals surface area contributed by atoms with Gasteiger partial charge in [-0.2, -0.15) is 5.26 Å². The Morgan fingerprint density at radius 2 is 2.06 bits per heavy atom. The molecular formula is C12H12Cl2N2O2. The first-order chi connectivity index (χ1) is 8.56. The molecule has 0 aliphatic rings. The molecule has 6 heteroatoms. The van der Waals surface area contributed by atoms with Crippen LogP contribution in [0.15, 0.2) is 18.2 Å². The minimum atomic E-state index is -0.235. The molecule has 1 aromatic carbocycles. The zero-order chi connectivity index (χ0) is 13.5. The number of nitriles is 1. The number of hydrogen-bond donors (Lipinski definition) is 0. The van der Waals surface area contributed by atoms with Crippen molar-refractivity contribution in [3.05, 3.63) is 28.2 Å². The Bertz CT molecular complexity index is 451. The van der Waals surface area contributed by atoms with Crippen LogP contribution in [0.4, 0.5) is 0 Å². The number of ether oxygens (including phenoxy) is 1. The van der Waals surface area contributed by atoms with Crippen LogP contribution < -0.4 is 4.74 Å². The second-order valence-electron chi connectivity index (χ2n) is 3.56. The van der Waals surface area contributed by atoms with E-state index in [1.807, 2.05) is 6.07 Å². The highest BCUT2D eigenvalue weighted by Gasteiger charge is 2.12. The molecule has 0 aliphatic carbocycles. The first-order valence-corrected chi connectivity index (χ1v) is 5.99. The van der Waals surface area contributed by atoms with E-state index >= 15 is 0 Å². The largest absolute Gasteiger partial charge is 0.481 e. The first kappa shape index (κ1) is 14.6. The molecule has 1 aromatic rings. The molecule has 0 spiro atoms. The van der Waals surface area contributed by atoms with Gasteiger partial charge in [-0.3, -0.25) is 4.79 Å². The van der Waals surface area contributed by atoms with E-state index in [4.69, 9.17) is 33.2 Å². The topological polar surface area (TPSA) is 53.3 Å². The molecule has 0 unspecified atom stereocenters. The lowest BCUT2D eigenvalue weighted by atomic mass is 10.3. The molecule has 0 saturated carbocycles. The lowest BCUT2D eigenvalue weighted by Gasteiger charge is -2.16. The Balaban J connectivity index is 2.55. The Hall–Kier alpha value is -1.44. The van der Waals surface area contributed by atoms with E-state index in [0.717, 1.165) is 0 Å². The fraction of sp³-hybridized carbons (Fsp3) is 0.333. The summed E-state index contributed by atoms with van der Waals surface area (Å²) >= 11 is 11.8. The third kappa shape index (κ3) is 4.10. The number of carbonyl (C=O) groups is 1. The van der Waals surface area contributed by atoms with Crippen LogP contribution in [-0.2, 0) is 4.79 Å². The highest BCUT2D eigenvalue weighted by molar-refractivity contribution is 6.37. The van der Waals surface area contributed by atoms with E-state index in [1.54, 1.807) is 25.2 Å². The van der Waals surface area contributed by atoms with Crippen molar-refractivity contribution in [2.75, 3.05) is 20.2 Å². The number of nitrogens with zero attached hydrogens (tertiary/aromatic N) is 2. The maximum Gasteiger partial charge on any atom is 0.260 e. The molecule has 0 N–H and O–H groups in total. The molecule has 0 fully saturated rings. The zero-order valence-corrected chi connectivity index (χ0v) is 11.3. The molecule has 1 amide bonds. The highest BCUT2D eigenvalue weighted by Crippen LogP contribution is 2.32. The van der Waals surface area contributed by atoms with Crippen molar-refractivity contribution in [3.8, 4) is 11.8 Å². The smallest absolute Gasteiger partial charge is 0.260 e. The summed E-state index contributed by atoms with van der Waals surface area (Å²) in [6, 6.07) is 6.92. The summed E-state index contributed by atoms with van der Waals surface area (Å²) in [7, 11) is 1.61. The maximum absolute atomic E-state index is 11.7. The number of hydrogen-bond acceptors (Lipinski definition) is 3. The molecule has 0 heterocycles. The Morgan fingerprint density at radius 3 is 2.61 bits per heavy atom. The lowest BCUT2D eigenvalue weighted by Crippen LogP contribution is -2.32. The second kappa shape index (κ2) is 7.10. The number of para-hydroxylation sites is 1. The van der Waals surface area contributed by atoms with Gasteiger partial charge >= 0.3 is 0 Å². The summed E-state index contributed by atoms with van der Waals surface area (Å²) in [4.78, 5) is 13.1. The third-order valence-electron chi connectivity index (χ3n) is 2.24. The van der Waals surface area contributed by atoms with Crippen LogP contribution in [0.1, 0.15) is 6.42 Å². The van der Waals surface area contributed by atoms with E-state index in [2.05, 4.69) is 0 Å². The maximum atomic E-state index is 11.7. The fourth-order valence-electron chi connectivity index (χ4n) is 1.21. The van der Waals surface area contributed by atoms with E-state index in [-0.39, 0.29) is 18.9 Å². The minimum Gasteiger partial charge on any atom is -0.481 e. The summed E-state index contributed by atoms with van der Waals surface area (Å²) in [5, 5.41) is 9.14. The van der Waals surface area contributed by atoms with E-state index in [0.29, 0.717) is 22.3 Å². The van der Waals surface area contributed by atoms with Crippen molar-refractivity contribution < 1.29 is 9.53 Å². The molecule has 0 aliphatic heterocycles. The Morgan fingerprint density at radius 1 is 1.44 bits per heavy atom. The van der Waals surface area contributed by atoms with Crippen LogP contribution in [-0.4, -0.2) is 31.0 Å². The van der Waals surface area contributed by atoms with Crippen molar-refractivity contribution in [1.29, 1.82) is 5.26 Å². The van der Waals surface area contributed by atoms with Gasteiger partial charge in [-0.1, -0.05) is 29.3 Å². The number of likely N-dealkylation sites (N-methyl/N-ethyl adjacent to an activating group) is 1. The predicted molar refractivity (Wildman–Crippen MR) is 69.8 cm³/mol. The average molecular weight is 287 g/mol. The van der Waals surface area contributed by atoms with Crippen LogP contribution >= 0.6 is 23.2 Å². The van der Waals surface area contributed by atoms with E-state index in [1.165, 1.54) is 4.90 Å². The third-order valence-corrected chi connectivity index (χ3v) is 2.84. The Kier molecular flexibility index (Phi) is 5.76. The first-order valence-electron chi connectivity index (χ1n) is 5.24. The van der Waals surface area contributed by atoms with Gasteiger partial charge in [-0.05, 0) is 12.1 Å². The van der Waals surface area contributed by atoms with Gasteiger partial charge < -0.3 is 9.64 Å². The van der Waals surface area contributed by atoms with Crippen LogP contribution in [0.2, 0.25) is 10.0 Å². The molecule has 18 heavy (non-hydrogen) atoms. The van der Waals surface area contributed by atoms with Crippen molar-refractivity contribution in [1.82, 2.24) is 4.90 Å².